The van der Waals surface area contributed by atoms with Gasteiger partial charge in [-0.2, -0.15) is 0 Å². The van der Waals surface area contributed by atoms with Crippen LogP contribution in [0.15, 0.2) is 30.3 Å². The highest BCUT2D eigenvalue weighted by atomic mass is 19.2. The Hall–Kier alpha value is -3.20. The van der Waals surface area contributed by atoms with E-state index in [1.54, 1.807) is 7.11 Å². The highest BCUT2D eigenvalue weighted by molar-refractivity contribution is 5.85. The summed E-state index contributed by atoms with van der Waals surface area (Å²) in [5, 5.41) is 3.32. The minimum absolute atomic E-state index is 0.0425. The molecule has 2 atom stereocenters. The summed E-state index contributed by atoms with van der Waals surface area (Å²) in [6.45, 7) is 0.137. The number of fused-ring (bicyclic) bond motifs is 2. The Balaban J connectivity index is 1.49. The SMILES string of the molecule is COC(c1ccc2c(c1)OCO2)c1nc2cc(F)c(F)cc2n1C(C(=O)NC1CCCCC1)C1CCCCC1. The van der Waals surface area contributed by atoms with Crippen LogP contribution in [0.4, 0.5) is 8.78 Å². The van der Waals surface area contributed by atoms with Crippen LogP contribution in [0.1, 0.15) is 87.7 Å². The minimum Gasteiger partial charge on any atom is -0.454 e. The second kappa shape index (κ2) is 11.1. The maximum absolute atomic E-state index is 14.7. The van der Waals surface area contributed by atoms with Crippen LogP contribution in [0.3, 0.4) is 0 Å². The third-order valence-electron chi connectivity index (χ3n) is 8.52. The molecule has 39 heavy (non-hydrogen) atoms. The molecule has 3 aromatic rings. The van der Waals surface area contributed by atoms with Crippen LogP contribution in [0, 0.1) is 17.6 Å². The number of halogens is 2. The van der Waals surface area contributed by atoms with Crippen LogP contribution < -0.4 is 14.8 Å². The van der Waals surface area contributed by atoms with Crippen LogP contribution in [-0.2, 0) is 9.53 Å². The fourth-order valence-electron chi connectivity index (χ4n) is 6.58. The van der Waals surface area contributed by atoms with E-state index in [9.17, 15) is 13.6 Å². The number of nitrogens with one attached hydrogen (secondary N) is 1. The minimum atomic E-state index is -0.975. The van der Waals surface area contributed by atoms with Gasteiger partial charge in [0, 0.05) is 25.3 Å². The van der Waals surface area contributed by atoms with Crippen molar-refractivity contribution in [3.05, 3.63) is 53.4 Å². The number of aromatic nitrogens is 2. The van der Waals surface area contributed by atoms with E-state index in [0.717, 1.165) is 75.5 Å². The van der Waals surface area contributed by atoms with Gasteiger partial charge in [-0.25, -0.2) is 13.8 Å². The normalized spacial score (nSPS) is 19.8. The third-order valence-corrected chi connectivity index (χ3v) is 8.52. The van der Waals surface area contributed by atoms with Crippen molar-refractivity contribution in [1.82, 2.24) is 14.9 Å². The second-order valence-electron chi connectivity index (χ2n) is 11.0. The Morgan fingerprint density at radius 2 is 1.67 bits per heavy atom. The Labute approximate surface area is 226 Å². The summed E-state index contributed by atoms with van der Waals surface area (Å²) in [5.74, 6) is -0.323. The monoisotopic (exact) mass is 539 g/mol. The van der Waals surface area contributed by atoms with Gasteiger partial charge in [0.25, 0.3) is 0 Å². The lowest BCUT2D eigenvalue weighted by atomic mass is 9.82. The summed E-state index contributed by atoms with van der Waals surface area (Å²) >= 11 is 0. The molecule has 2 aromatic carbocycles. The van der Waals surface area contributed by atoms with Crippen molar-refractivity contribution >= 4 is 16.9 Å². The van der Waals surface area contributed by atoms with Gasteiger partial charge in [0.1, 0.15) is 18.0 Å². The van der Waals surface area contributed by atoms with E-state index < -0.39 is 23.8 Å². The third kappa shape index (κ3) is 5.09. The van der Waals surface area contributed by atoms with Crippen molar-refractivity contribution in [3.8, 4) is 11.5 Å². The average Bonchev–Trinajstić information content (AvgIpc) is 3.56. The number of benzene rings is 2. The van der Waals surface area contributed by atoms with Crippen molar-refractivity contribution < 1.29 is 27.8 Å². The number of ether oxygens (including phenoxy) is 3. The van der Waals surface area contributed by atoms with Gasteiger partial charge in [-0.1, -0.05) is 44.6 Å². The van der Waals surface area contributed by atoms with Crippen LogP contribution in [0.25, 0.3) is 11.0 Å². The van der Waals surface area contributed by atoms with Gasteiger partial charge in [-0.15, -0.1) is 0 Å². The van der Waals surface area contributed by atoms with E-state index in [1.165, 1.54) is 6.42 Å². The van der Waals surface area contributed by atoms with Crippen molar-refractivity contribution in [2.75, 3.05) is 13.9 Å². The molecule has 208 valence electrons. The molecular weight excluding hydrogens is 504 g/mol. The molecular formula is C30H35F2N3O4. The van der Waals surface area contributed by atoms with Gasteiger partial charge in [-0.3, -0.25) is 4.79 Å². The number of methoxy groups -OCH3 is 1. The molecule has 0 saturated heterocycles. The van der Waals surface area contributed by atoms with E-state index >= 15 is 0 Å². The van der Waals surface area contributed by atoms with Gasteiger partial charge in [0.05, 0.1) is 11.0 Å². The number of hydrogen-bond acceptors (Lipinski definition) is 5. The number of carbonyl (C=O) groups excluding carboxylic acids is 1. The van der Waals surface area contributed by atoms with E-state index in [-0.39, 0.29) is 30.2 Å². The van der Waals surface area contributed by atoms with Crippen molar-refractivity contribution in [1.29, 1.82) is 0 Å². The molecule has 2 aliphatic carbocycles. The molecule has 1 amide bonds. The zero-order chi connectivity index (χ0) is 26.9. The predicted molar refractivity (Wildman–Crippen MR) is 142 cm³/mol. The number of rotatable bonds is 7. The molecule has 2 unspecified atom stereocenters. The number of carbonyl (C=O) groups is 1. The first-order chi connectivity index (χ1) is 19.0. The molecule has 0 bridgehead atoms. The summed E-state index contributed by atoms with van der Waals surface area (Å²) in [7, 11) is 1.57. The maximum atomic E-state index is 14.7. The Kier molecular flexibility index (Phi) is 7.42. The molecule has 9 heteroatoms. The van der Waals surface area contributed by atoms with Crippen LogP contribution in [0.5, 0.6) is 11.5 Å². The van der Waals surface area contributed by atoms with Crippen molar-refractivity contribution in [3.63, 3.8) is 0 Å². The fourth-order valence-corrected chi connectivity index (χ4v) is 6.58. The topological polar surface area (TPSA) is 74.6 Å². The summed E-state index contributed by atoms with van der Waals surface area (Å²) in [6, 6.07) is 7.28. The highest BCUT2D eigenvalue weighted by Crippen LogP contribution is 2.41. The van der Waals surface area contributed by atoms with Crippen molar-refractivity contribution in [2.45, 2.75) is 82.4 Å². The molecule has 1 aromatic heterocycles. The predicted octanol–water partition coefficient (Wildman–Crippen LogP) is 6.35. The molecule has 2 saturated carbocycles. The van der Waals surface area contributed by atoms with Crippen molar-refractivity contribution in [2.24, 2.45) is 5.92 Å². The average molecular weight is 540 g/mol. The van der Waals surface area contributed by atoms with Crippen LogP contribution in [0.2, 0.25) is 0 Å². The highest BCUT2D eigenvalue weighted by Gasteiger charge is 2.37. The Bertz CT molecular complexity index is 1350. The first-order valence-corrected chi connectivity index (χ1v) is 14.1. The maximum Gasteiger partial charge on any atom is 0.243 e. The molecule has 2 fully saturated rings. The molecule has 1 aliphatic heterocycles. The first kappa shape index (κ1) is 26.0. The lowest BCUT2D eigenvalue weighted by molar-refractivity contribution is -0.127. The zero-order valence-corrected chi connectivity index (χ0v) is 22.3. The lowest BCUT2D eigenvalue weighted by Gasteiger charge is -2.34. The molecule has 6 rings (SSSR count). The lowest BCUT2D eigenvalue weighted by Crippen LogP contribution is -2.44. The number of nitrogens with zero attached hydrogens (tertiary/aromatic N) is 2. The summed E-state index contributed by atoms with van der Waals surface area (Å²) in [4.78, 5) is 18.9. The molecule has 0 radical (unpaired) electrons. The summed E-state index contributed by atoms with van der Waals surface area (Å²) in [5.41, 5.74) is 1.42. The number of amides is 1. The van der Waals surface area contributed by atoms with Crippen LogP contribution in [-0.4, -0.2) is 35.4 Å². The molecule has 0 spiro atoms. The second-order valence-corrected chi connectivity index (χ2v) is 11.0. The number of imidazole rings is 1. The Morgan fingerprint density at radius 3 is 2.41 bits per heavy atom. The standard InChI is InChI=1S/C30H35F2N3O4/c1-37-28(19-12-13-25-26(14-19)39-17-38-25)29-34-23-15-21(31)22(32)16-24(23)35(29)27(18-8-4-2-5-9-18)30(36)33-20-10-6-3-7-11-20/h12-16,18,20,27-28H,2-11,17H2,1H3,(H,33,36). The zero-order valence-electron chi connectivity index (χ0n) is 22.3. The van der Waals surface area contributed by atoms with E-state index in [1.807, 2.05) is 22.8 Å². The number of hydrogen-bond donors (Lipinski definition) is 1. The molecule has 7 nitrogen and oxygen atoms in total. The van der Waals surface area contributed by atoms with Crippen LogP contribution >= 0.6 is 0 Å². The van der Waals surface area contributed by atoms with E-state index in [0.29, 0.717) is 22.8 Å². The van der Waals surface area contributed by atoms with Gasteiger partial charge in [-0.05, 0) is 49.3 Å². The van der Waals surface area contributed by atoms with Gasteiger partial charge in [0.2, 0.25) is 12.7 Å². The smallest absolute Gasteiger partial charge is 0.243 e. The summed E-state index contributed by atoms with van der Waals surface area (Å²) in [6.07, 6.45) is 9.53. The Morgan fingerprint density at radius 1 is 0.974 bits per heavy atom. The first-order valence-electron chi connectivity index (χ1n) is 14.1. The summed E-state index contributed by atoms with van der Waals surface area (Å²) < 4.78 is 48.0. The van der Waals surface area contributed by atoms with E-state index in [4.69, 9.17) is 19.2 Å². The van der Waals surface area contributed by atoms with Gasteiger partial charge < -0.3 is 24.1 Å². The fraction of sp³-hybridized carbons (Fsp3) is 0.533. The largest absolute Gasteiger partial charge is 0.454 e. The van der Waals surface area contributed by atoms with Gasteiger partial charge >= 0.3 is 0 Å². The molecule has 1 N–H and O–H groups in total. The quantitative estimate of drug-likeness (QED) is 0.379. The van der Waals surface area contributed by atoms with E-state index in [2.05, 4.69) is 5.32 Å². The molecule has 2 heterocycles. The van der Waals surface area contributed by atoms with Gasteiger partial charge in [0.15, 0.2) is 23.1 Å². The molecule has 3 aliphatic rings.